The number of hydrogen-bond donors (Lipinski definition) is 1. The minimum atomic E-state index is 0.147. The van der Waals surface area contributed by atoms with E-state index < -0.39 is 0 Å². The molecule has 1 fully saturated rings. The van der Waals surface area contributed by atoms with E-state index in [1.165, 1.54) is 34.1 Å². The van der Waals surface area contributed by atoms with Crippen LogP contribution in [0.2, 0.25) is 0 Å². The zero-order valence-corrected chi connectivity index (χ0v) is 14.4. The molecule has 2 aromatic rings. The molecule has 2 heterocycles. The molecule has 4 rings (SSSR count). The van der Waals surface area contributed by atoms with Crippen molar-refractivity contribution in [3.05, 3.63) is 35.0 Å². The van der Waals surface area contributed by atoms with Crippen LogP contribution in [0.25, 0.3) is 10.9 Å². The largest absolute Gasteiger partial charge is 0.358 e. The number of benzene rings is 1. The Morgan fingerprint density at radius 2 is 2.04 bits per heavy atom. The summed E-state index contributed by atoms with van der Waals surface area (Å²) in [6.45, 7) is 8.39. The number of aromatic amines is 1. The Morgan fingerprint density at radius 1 is 1.26 bits per heavy atom. The fourth-order valence-electron chi connectivity index (χ4n) is 3.78. The van der Waals surface area contributed by atoms with Gasteiger partial charge in [0, 0.05) is 47.6 Å². The minimum Gasteiger partial charge on any atom is -0.358 e. The van der Waals surface area contributed by atoms with Gasteiger partial charge in [-0.1, -0.05) is 33.3 Å². The van der Waals surface area contributed by atoms with Crippen molar-refractivity contribution in [3.63, 3.8) is 0 Å². The molecule has 0 saturated heterocycles. The first-order valence-electron chi connectivity index (χ1n) is 8.86. The van der Waals surface area contributed by atoms with Crippen LogP contribution in [0.1, 0.15) is 56.9 Å². The zero-order valence-electron chi connectivity index (χ0n) is 14.4. The Labute approximate surface area is 138 Å². The van der Waals surface area contributed by atoms with Crippen LogP contribution in [0, 0.1) is 5.92 Å². The Kier molecular flexibility index (Phi) is 3.29. The summed E-state index contributed by atoms with van der Waals surface area (Å²) in [6, 6.07) is 6.75. The van der Waals surface area contributed by atoms with Gasteiger partial charge in [0.25, 0.3) is 0 Å². The highest BCUT2D eigenvalue weighted by molar-refractivity contribution is 5.87. The van der Waals surface area contributed by atoms with Crippen molar-refractivity contribution in [2.45, 2.75) is 58.4 Å². The Morgan fingerprint density at radius 3 is 2.70 bits per heavy atom. The number of carbonyl (C=O) groups excluding carboxylic acids is 1. The molecule has 3 nitrogen and oxygen atoms in total. The number of nitrogens with one attached hydrogen (secondary N) is 1. The quantitative estimate of drug-likeness (QED) is 0.844. The second-order valence-electron chi connectivity index (χ2n) is 8.23. The highest BCUT2D eigenvalue weighted by Gasteiger charge is 2.32. The first-order chi connectivity index (χ1) is 10.9. The van der Waals surface area contributed by atoms with E-state index in [-0.39, 0.29) is 5.41 Å². The molecule has 0 spiro atoms. The summed E-state index contributed by atoms with van der Waals surface area (Å²) < 4.78 is 0. The summed E-state index contributed by atoms with van der Waals surface area (Å²) in [6.07, 6.45) is 4.35. The highest BCUT2D eigenvalue weighted by atomic mass is 16.2. The molecular weight excluding hydrogens is 284 g/mol. The SMILES string of the molecule is CC(C)(C)c1ccc2[nH]c3c(c2c1)CN(C(=O)C1CCC1)CC3. The van der Waals surface area contributed by atoms with Gasteiger partial charge in [0.05, 0.1) is 0 Å². The lowest BCUT2D eigenvalue weighted by molar-refractivity contribution is -0.139. The molecule has 1 aromatic carbocycles. The Hall–Kier alpha value is -1.77. The Bertz CT molecular complexity index is 762. The zero-order chi connectivity index (χ0) is 16.2. The monoisotopic (exact) mass is 310 g/mol. The average Bonchev–Trinajstić information content (AvgIpc) is 2.81. The van der Waals surface area contributed by atoms with E-state index in [4.69, 9.17) is 0 Å². The molecule has 2 aliphatic rings. The molecule has 0 unspecified atom stereocenters. The average molecular weight is 310 g/mol. The maximum atomic E-state index is 12.6. The van der Waals surface area contributed by atoms with E-state index in [9.17, 15) is 4.79 Å². The normalized spacial score (nSPS) is 18.8. The topological polar surface area (TPSA) is 36.1 Å². The molecular formula is C20H26N2O. The lowest BCUT2D eigenvalue weighted by Crippen LogP contribution is -2.41. The number of amides is 1. The third kappa shape index (κ3) is 2.46. The van der Waals surface area contributed by atoms with E-state index in [1.807, 2.05) is 0 Å². The fourth-order valence-corrected chi connectivity index (χ4v) is 3.78. The summed E-state index contributed by atoms with van der Waals surface area (Å²) in [5.41, 5.74) is 5.37. The predicted molar refractivity (Wildman–Crippen MR) is 93.5 cm³/mol. The first kappa shape index (κ1) is 14.8. The maximum absolute atomic E-state index is 12.6. The summed E-state index contributed by atoms with van der Waals surface area (Å²) in [5, 5.41) is 1.30. The standard InChI is InChI=1S/C20H26N2O/c1-20(2,3)14-7-8-17-15(11-14)16-12-22(10-9-18(16)21-17)19(23)13-5-4-6-13/h7-8,11,13,21H,4-6,9-10,12H2,1-3H3. The van der Waals surface area contributed by atoms with Crippen molar-refractivity contribution in [2.24, 2.45) is 5.92 Å². The van der Waals surface area contributed by atoms with E-state index >= 15 is 0 Å². The molecule has 1 aliphatic carbocycles. The van der Waals surface area contributed by atoms with Gasteiger partial charge in [-0.05, 0) is 36.0 Å². The summed E-state index contributed by atoms with van der Waals surface area (Å²) in [4.78, 5) is 18.2. The van der Waals surface area contributed by atoms with Crippen LogP contribution in [0.15, 0.2) is 18.2 Å². The van der Waals surface area contributed by atoms with Crippen molar-refractivity contribution in [2.75, 3.05) is 6.54 Å². The molecule has 1 aliphatic heterocycles. The van der Waals surface area contributed by atoms with Crippen LogP contribution in [0.4, 0.5) is 0 Å². The molecule has 0 atom stereocenters. The smallest absolute Gasteiger partial charge is 0.225 e. The van der Waals surface area contributed by atoms with E-state index in [1.54, 1.807) is 0 Å². The van der Waals surface area contributed by atoms with Gasteiger partial charge in [-0.2, -0.15) is 0 Å². The van der Waals surface area contributed by atoms with Crippen molar-refractivity contribution < 1.29 is 4.79 Å². The number of carbonyl (C=O) groups is 1. The number of aromatic nitrogens is 1. The molecule has 1 saturated carbocycles. The number of nitrogens with zero attached hydrogens (tertiary/aromatic N) is 1. The van der Waals surface area contributed by atoms with Gasteiger partial charge in [-0.3, -0.25) is 4.79 Å². The van der Waals surface area contributed by atoms with Crippen LogP contribution < -0.4 is 0 Å². The van der Waals surface area contributed by atoms with Crippen molar-refractivity contribution in [3.8, 4) is 0 Å². The van der Waals surface area contributed by atoms with Crippen molar-refractivity contribution >= 4 is 16.8 Å². The van der Waals surface area contributed by atoms with Gasteiger partial charge in [0.1, 0.15) is 0 Å². The third-order valence-electron chi connectivity index (χ3n) is 5.61. The predicted octanol–water partition coefficient (Wildman–Crippen LogP) is 4.15. The number of rotatable bonds is 1. The second kappa shape index (κ2) is 5.12. The second-order valence-corrected chi connectivity index (χ2v) is 8.23. The van der Waals surface area contributed by atoms with Gasteiger partial charge in [0.2, 0.25) is 5.91 Å². The van der Waals surface area contributed by atoms with E-state index in [2.05, 4.69) is 48.9 Å². The summed E-state index contributed by atoms with van der Waals surface area (Å²) in [5.74, 6) is 0.676. The molecule has 0 bridgehead atoms. The lowest BCUT2D eigenvalue weighted by atomic mass is 9.83. The highest BCUT2D eigenvalue weighted by Crippen LogP contribution is 2.34. The van der Waals surface area contributed by atoms with Crippen LogP contribution in [0.3, 0.4) is 0 Å². The molecule has 1 N–H and O–H groups in total. The van der Waals surface area contributed by atoms with Crippen LogP contribution in [-0.4, -0.2) is 22.3 Å². The molecule has 23 heavy (non-hydrogen) atoms. The van der Waals surface area contributed by atoms with Crippen LogP contribution >= 0.6 is 0 Å². The number of fused-ring (bicyclic) bond motifs is 3. The van der Waals surface area contributed by atoms with Crippen molar-refractivity contribution in [1.29, 1.82) is 0 Å². The van der Waals surface area contributed by atoms with Crippen LogP contribution in [-0.2, 0) is 23.2 Å². The molecule has 1 amide bonds. The van der Waals surface area contributed by atoms with Gasteiger partial charge < -0.3 is 9.88 Å². The van der Waals surface area contributed by atoms with Crippen molar-refractivity contribution in [1.82, 2.24) is 9.88 Å². The summed E-state index contributed by atoms with van der Waals surface area (Å²) >= 11 is 0. The molecule has 0 radical (unpaired) electrons. The van der Waals surface area contributed by atoms with Crippen LogP contribution in [0.5, 0.6) is 0 Å². The minimum absolute atomic E-state index is 0.147. The number of H-pyrrole nitrogens is 1. The van der Waals surface area contributed by atoms with Gasteiger partial charge in [-0.25, -0.2) is 0 Å². The van der Waals surface area contributed by atoms with Gasteiger partial charge in [-0.15, -0.1) is 0 Å². The van der Waals surface area contributed by atoms with Gasteiger partial charge >= 0.3 is 0 Å². The third-order valence-corrected chi connectivity index (χ3v) is 5.61. The fraction of sp³-hybridized carbons (Fsp3) is 0.550. The van der Waals surface area contributed by atoms with Gasteiger partial charge in [0.15, 0.2) is 0 Å². The molecule has 3 heteroatoms. The first-order valence-corrected chi connectivity index (χ1v) is 8.86. The molecule has 122 valence electrons. The number of hydrogen-bond acceptors (Lipinski definition) is 1. The van der Waals surface area contributed by atoms with E-state index in [0.29, 0.717) is 11.8 Å². The maximum Gasteiger partial charge on any atom is 0.225 e. The molecule has 1 aromatic heterocycles. The lowest BCUT2D eigenvalue weighted by Gasteiger charge is -2.34. The Balaban J connectivity index is 1.70. The van der Waals surface area contributed by atoms with E-state index in [0.717, 1.165) is 32.4 Å². The summed E-state index contributed by atoms with van der Waals surface area (Å²) in [7, 11) is 0.